The lowest BCUT2D eigenvalue weighted by molar-refractivity contribution is -0.131. The molecule has 140 valence electrons. The Kier molecular flexibility index (Phi) is 6.45. The molecule has 1 aromatic carbocycles. The predicted molar refractivity (Wildman–Crippen MR) is 103 cm³/mol. The van der Waals surface area contributed by atoms with Crippen molar-refractivity contribution in [3.63, 3.8) is 0 Å². The van der Waals surface area contributed by atoms with Gasteiger partial charge in [0.2, 0.25) is 5.91 Å². The van der Waals surface area contributed by atoms with Crippen molar-refractivity contribution >= 4 is 38.9 Å². The topological polar surface area (TPSA) is 54.5 Å². The number of carbonyl (C=O) groups excluding carboxylic acids is 1. The summed E-state index contributed by atoms with van der Waals surface area (Å²) in [4.78, 5) is 14.3. The Morgan fingerprint density at radius 2 is 1.80 bits per heavy atom. The molecule has 1 amide bonds. The van der Waals surface area contributed by atoms with Gasteiger partial charge in [-0.3, -0.25) is 4.79 Å². The van der Waals surface area contributed by atoms with E-state index in [1.54, 1.807) is 43.9 Å². The molecule has 0 aromatic heterocycles. The molecule has 1 aliphatic heterocycles. The van der Waals surface area contributed by atoms with Gasteiger partial charge >= 0.3 is 0 Å². The van der Waals surface area contributed by atoms with Gasteiger partial charge < -0.3 is 4.90 Å². The second-order valence-electron chi connectivity index (χ2n) is 7.63. The number of benzene rings is 1. The van der Waals surface area contributed by atoms with E-state index in [0.29, 0.717) is 23.1 Å². The Hall–Kier alpha value is -0.780. The third-order valence-corrected chi connectivity index (χ3v) is 8.08. The molecule has 0 aliphatic carbocycles. The van der Waals surface area contributed by atoms with Crippen molar-refractivity contribution < 1.29 is 13.2 Å². The van der Waals surface area contributed by atoms with Gasteiger partial charge in [-0.25, -0.2) is 8.42 Å². The molecular formula is C18H25Cl2NO3S. The van der Waals surface area contributed by atoms with E-state index in [-0.39, 0.29) is 24.0 Å². The summed E-state index contributed by atoms with van der Waals surface area (Å²) in [6.45, 7) is 6.38. The minimum Gasteiger partial charge on any atom is -0.342 e. The van der Waals surface area contributed by atoms with Gasteiger partial charge in [0.25, 0.3) is 0 Å². The fourth-order valence-corrected chi connectivity index (χ4v) is 4.78. The average Bonchev–Trinajstić information content (AvgIpc) is 2.49. The van der Waals surface area contributed by atoms with Crippen molar-refractivity contribution in [1.29, 1.82) is 0 Å². The van der Waals surface area contributed by atoms with Gasteiger partial charge in [-0.2, -0.15) is 0 Å². The molecule has 2 rings (SSSR count). The van der Waals surface area contributed by atoms with Gasteiger partial charge in [-0.15, -0.1) is 0 Å². The van der Waals surface area contributed by atoms with E-state index in [1.807, 2.05) is 0 Å². The SMILES string of the molecule is CC(C)(C)S(=O)(=O)CC1CCN(C(=O)Cc2ccc(Cl)cc2Cl)CC1. The van der Waals surface area contributed by atoms with E-state index >= 15 is 0 Å². The highest BCUT2D eigenvalue weighted by molar-refractivity contribution is 7.92. The fourth-order valence-electron chi connectivity index (χ4n) is 2.85. The highest BCUT2D eigenvalue weighted by atomic mass is 35.5. The Bertz CT molecular complexity index is 733. The zero-order valence-electron chi connectivity index (χ0n) is 14.9. The van der Waals surface area contributed by atoms with E-state index in [9.17, 15) is 13.2 Å². The van der Waals surface area contributed by atoms with Gasteiger partial charge in [0.05, 0.1) is 16.9 Å². The fraction of sp³-hybridized carbons (Fsp3) is 0.611. The summed E-state index contributed by atoms with van der Waals surface area (Å²) in [6, 6.07) is 5.13. The van der Waals surface area contributed by atoms with E-state index in [4.69, 9.17) is 23.2 Å². The number of nitrogens with zero attached hydrogens (tertiary/aromatic N) is 1. The first-order chi connectivity index (χ1) is 11.5. The molecule has 1 aromatic rings. The molecule has 1 saturated heterocycles. The molecule has 0 bridgehead atoms. The van der Waals surface area contributed by atoms with Gasteiger partial charge in [0, 0.05) is 23.1 Å². The summed E-state index contributed by atoms with van der Waals surface area (Å²) in [5.41, 5.74) is 0.758. The molecule has 0 N–H and O–H groups in total. The first-order valence-electron chi connectivity index (χ1n) is 8.43. The quantitative estimate of drug-likeness (QED) is 0.760. The zero-order chi connectivity index (χ0) is 18.8. The maximum Gasteiger partial charge on any atom is 0.227 e. The Labute approximate surface area is 160 Å². The van der Waals surface area contributed by atoms with Crippen molar-refractivity contribution in [2.24, 2.45) is 5.92 Å². The first-order valence-corrected chi connectivity index (χ1v) is 10.8. The number of carbonyl (C=O) groups is 1. The third-order valence-electron chi connectivity index (χ3n) is 4.71. The predicted octanol–water partition coefficient (Wildman–Crippen LogP) is 3.99. The van der Waals surface area contributed by atoms with Crippen molar-refractivity contribution in [1.82, 2.24) is 4.90 Å². The summed E-state index contributed by atoms with van der Waals surface area (Å²) in [6.07, 6.45) is 1.67. The van der Waals surface area contributed by atoms with Gasteiger partial charge in [-0.1, -0.05) is 29.3 Å². The highest BCUT2D eigenvalue weighted by Gasteiger charge is 2.33. The Morgan fingerprint density at radius 3 is 2.32 bits per heavy atom. The van der Waals surface area contributed by atoms with Crippen LogP contribution in [0.2, 0.25) is 10.0 Å². The molecule has 0 unspecified atom stereocenters. The highest BCUT2D eigenvalue weighted by Crippen LogP contribution is 2.26. The molecular weight excluding hydrogens is 381 g/mol. The van der Waals surface area contributed by atoms with Crippen molar-refractivity contribution in [3.8, 4) is 0 Å². The number of hydrogen-bond acceptors (Lipinski definition) is 3. The first kappa shape index (κ1) is 20.5. The molecule has 4 nitrogen and oxygen atoms in total. The standard InChI is InChI=1S/C18H25Cl2NO3S/c1-18(2,3)25(23,24)12-13-6-8-21(9-7-13)17(22)10-14-4-5-15(19)11-16(14)20/h4-5,11,13H,6-10,12H2,1-3H3. The van der Waals surface area contributed by atoms with Crippen LogP contribution < -0.4 is 0 Å². The number of piperidine rings is 1. The zero-order valence-corrected chi connectivity index (χ0v) is 17.2. The lowest BCUT2D eigenvalue weighted by atomic mass is 9.98. The maximum absolute atomic E-state index is 12.5. The van der Waals surface area contributed by atoms with Crippen LogP contribution in [-0.4, -0.2) is 42.8 Å². The number of amides is 1. The number of halogens is 2. The minimum absolute atomic E-state index is 0.0151. The van der Waals surface area contributed by atoms with Crippen LogP contribution in [0.15, 0.2) is 18.2 Å². The van der Waals surface area contributed by atoms with Crippen LogP contribution in [0, 0.1) is 5.92 Å². The van der Waals surface area contributed by atoms with Crippen molar-refractivity contribution in [2.45, 2.75) is 44.8 Å². The van der Waals surface area contributed by atoms with E-state index in [2.05, 4.69) is 0 Å². The van der Waals surface area contributed by atoms with Crippen molar-refractivity contribution in [3.05, 3.63) is 33.8 Å². The van der Waals surface area contributed by atoms with Crippen LogP contribution in [0.5, 0.6) is 0 Å². The lowest BCUT2D eigenvalue weighted by Crippen LogP contribution is -2.42. The normalized spacial score (nSPS) is 16.9. The van der Waals surface area contributed by atoms with Crippen LogP contribution in [0.25, 0.3) is 0 Å². The summed E-state index contributed by atoms with van der Waals surface area (Å²) in [5, 5.41) is 1.04. The molecule has 0 saturated carbocycles. The second kappa shape index (κ2) is 7.85. The Morgan fingerprint density at radius 1 is 1.20 bits per heavy atom. The minimum atomic E-state index is -3.13. The van der Waals surface area contributed by atoms with E-state index in [0.717, 1.165) is 18.4 Å². The van der Waals surface area contributed by atoms with Crippen molar-refractivity contribution in [2.75, 3.05) is 18.8 Å². The van der Waals surface area contributed by atoms with Gasteiger partial charge in [0.1, 0.15) is 0 Å². The molecule has 1 fully saturated rings. The Balaban J connectivity index is 1.90. The van der Waals surface area contributed by atoms with Crippen LogP contribution in [0.3, 0.4) is 0 Å². The summed E-state index contributed by atoms with van der Waals surface area (Å²) in [7, 11) is -3.13. The summed E-state index contributed by atoms with van der Waals surface area (Å²) in [5.74, 6) is 0.329. The lowest BCUT2D eigenvalue weighted by Gasteiger charge is -2.33. The van der Waals surface area contributed by atoms with E-state index < -0.39 is 14.6 Å². The molecule has 1 heterocycles. The second-order valence-corrected chi connectivity index (χ2v) is 11.3. The van der Waals surface area contributed by atoms with Gasteiger partial charge in [0.15, 0.2) is 9.84 Å². The molecule has 0 spiro atoms. The molecule has 25 heavy (non-hydrogen) atoms. The van der Waals surface area contributed by atoms with E-state index in [1.165, 1.54) is 0 Å². The van der Waals surface area contributed by atoms with Crippen LogP contribution in [-0.2, 0) is 21.1 Å². The maximum atomic E-state index is 12.5. The number of likely N-dealkylation sites (tertiary alicyclic amines) is 1. The summed E-state index contributed by atoms with van der Waals surface area (Å²) < 4.78 is 23.9. The molecule has 7 heteroatoms. The third kappa shape index (κ3) is 5.35. The molecule has 1 aliphatic rings. The van der Waals surface area contributed by atoms with Crippen LogP contribution in [0.1, 0.15) is 39.2 Å². The van der Waals surface area contributed by atoms with Crippen LogP contribution >= 0.6 is 23.2 Å². The monoisotopic (exact) mass is 405 g/mol. The number of rotatable bonds is 4. The molecule has 0 atom stereocenters. The largest absolute Gasteiger partial charge is 0.342 e. The van der Waals surface area contributed by atoms with Gasteiger partial charge in [-0.05, 0) is 57.2 Å². The average molecular weight is 406 g/mol. The summed E-state index contributed by atoms with van der Waals surface area (Å²) >= 11 is 12.0. The number of hydrogen-bond donors (Lipinski definition) is 0. The smallest absolute Gasteiger partial charge is 0.227 e. The van der Waals surface area contributed by atoms with Crippen LogP contribution in [0.4, 0.5) is 0 Å². The molecule has 0 radical (unpaired) electrons. The number of sulfone groups is 1.